The number of benzene rings is 1. The Morgan fingerprint density at radius 3 is 2.60 bits per heavy atom. The Morgan fingerprint density at radius 2 is 2.10 bits per heavy atom. The van der Waals surface area contributed by atoms with Crippen LogP contribution in [0.25, 0.3) is 0 Å². The topological polar surface area (TPSA) is 40.9 Å². The Morgan fingerprint density at radius 1 is 1.45 bits per heavy atom. The van der Waals surface area contributed by atoms with Crippen LogP contribution in [0.1, 0.15) is 29.5 Å². The van der Waals surface area contributed by atoms with Gasteiger partial charge in [0.25, 0.3) is 0 Å². The van der Waals surface area contributed by atoms with Crippen LogP contribution in [0.4, 0.5) is 13.2 Å². The third-order valence-electron chi connectivity index (χ3n) is 3.25. The molecule has 1 aliphatic rings. The maximum Gasteiger partial charge on any atom is 0.416 e. The number of halogens is 4. The number of carbonyl (C=O) groups excluding carboxylic acids is 1. The van der Waals surface area contributed by atoms with Crippen LogP contribution in [-0.4, -0.2) is 10.6 Å². The van der Waals surface area contributed by atoms with Gasteiger partial charge in [0.1, 0.15) is 5.78 Å². The number of rotatable bonds is 4. The molecule has 0 bridgehead atoms. The summed E-state index contributed by atoms with van der Waals surface area (Å²) in [6.45, 7) is 0. The SMILES string of the molecule is N#Cc1cc(C(F)(F)F)ccc1CC(Br)C(=O)C1CC1. The van der Waals surface area contributed by atoms with E-state index in [2.05, 4.69) is 15.9 Å². The fourth-order valence-electron chi connectivity index (χ4n) is 1.95. The van der Waals surface area contributed by atoms with Gasteiger partial charge in [-0.15, -0.1) is 0 Å². The van der Waals surface area contributed by atoms with Crippen LogP contribution < -0.4 is 0 Å². The first-order valence-corrected chi connectivity index (χ1v) is 7.02. The Hall–Kier alpha value is -1.35. The lowest BCUT2D eigenvalue weighted by atomic mass is 9.98. The Balaban J connectivity index is 2.19. The van der Waals surface area contributed by atoms with Gasteiger partial charge in [-0.05, 0) is 37.0 Å². The molecule has 0 saturated heterocycles. The lowest BCUT2D eigenvalue weighted by Crippen LogP contribution is -2.19. The number of hydrogen-bond donors (Lipinski definition) is 0. The molecule has 1 atom stereocenters. The molecule has 0 N–H and O–H groups in total. The van der Waals surface area contributed by atoms with Crippen LogP contribution in [0, 0.1) is 17.2 Å². The number of nitriles is 1. The summed E-state index contributed by atoms with van der Waals surface area (Å²) in [7, 11) is 0. The normalized spacial score (nSPS) is 16.6. The summed E-state index contributed by atoms with van der Waals surface area (Å²) in [4.78, 5) is 11.4. The van der Waals surface area contributed by atoms with E-state index in [9.17, 15) is 18.0 Å². The summed E-state index contributed by atoms with van der Waals surface area (Å²) >= 11 is 3.26. The summed E-state index contributed by atoms with van der Waals surface area (Å²) in [6, 6.07) is 4.81. The number of ketones is 1. The summed E-state index contributed by atoms with van der Waals surface area (Å²) in [6.07, 6.45) is -2.49. The minimum atomic E-state index is -4.47. The molecule has 1 aliphatic carbocycles. The maximum absolute atomic E-state index is 12.6. The second-order valence-electron chi connectivity index (χ2n) is 4.83. The van der Waals surface area contributed by atoms with E-state index in [1.54, 1.807) is 6.07 Å². The highest BCUT2D eigenvalue weighted by atomic mass is 79.9. The second kappa shape index (κ2) is 5.57. The third-order valence-corrected chi connectivity index (χ3v) is 4.02. The zero-order chi connectivity index (χ0) is 14.9. The van der Waals surface area contributed by atoms with Gasteiger partial charge in [-0.25, -0.2) is 0 Å². The van der Waals surface area contributed by atoms with E-state index in [0.717, 1.165) is 25.0 Å². The second-order valence-corrected chi connectivity index (χ2v) is 5.94. The van der Waals surface area contributed by atoms with Crippen molar-refractivity contribution in [3.8, 4) is 6.07 Å². The van der Waals surface area contributed by atoms with Gasteiger partial charge in [0, 0.05) is 5.92 Å². The van der Waals surface area contributed by atoms with Crippen LogP contribution in [-0.2, 0) is 17.4 Å². The van der Waals surface area contributed by atoms with Crippen molar-refractivity contribution in [1.29, 1.82) is 5.26 Å². The predicted octanol–water partition coefficient (Wildman–Crippen LogP) is 3.86. The van der Waals surface area contributed by atoms with Gasteiger partial charge in [0.05, 0.1) is 22.0 Å². The van der Waals surface area contributed by atoms with E-state index in [-0.39, 0.29) is 23.7 Å². The summed E-state index contributed by atoms with van der Waals surface area (Å²) in [5.74, 6) is 0.133. The van der Waals surface area contributed by atoms with Gasteiger partial charge in [-0.3, -0.25) is 4.79 Å². The Bertz CT molecular complexity index is 573. The number of carbonyl (C=O) groups is 1. The van der Waals surface area contributed by atoms with Crippen molar-refractivity contribution < 1.29 is 18.0 Å². The zero-order valence-electron chi connectivity index (χ0n) is 10.4. The van der Waals surface area contributed by atoms with Gasteiger partial charge in [-0.1, -0.05) is 22.0 Å². The first-order chi connectivity index (χ1) is 9.32. The van der Waals surface area contributed by atoms with Gasteiger partial charge < -0.3 is 0 Å². The van der Waals surface area contributed by atoms with Gasteiger partial charge in [0.2, 0.25) is 0 Å². The van der Waals surface area contributed by atoms with Gasteiger partial charge >= 0.3 is 6.18 Å². The molecule has 6 heteroatoms. The van der Waals surface area contributed by atoms with E-state index in [1.165, 1.54) is 6.07 Å². The molecular weight excluding hydrogens is 335 g/mol. The summed E-state index contributed by atoms with van der Waals surface area (Å²) in [5, 5.41) is 8.96. The molecular formula is C14H11BrF3NO. The molecule has 0 amide bonds. The quantitative estimate of drug-likeness (QED) is 0.777. The molecule has 1 aromatic carbocycles. The third kappa shape index (κ3) is 3.40. The zero-order valence-corrected chi connectivity index (χ0v) is 12.0. The number of Topliss-reactive ketones (excluding diaryl/α,β-unsaturated/α-hetero) is 1. The Kier molecular flexibility index (Phi) is 4.19. The molecule has 0 spiro atoms. The average Bonchev–Trinajstić information content (AvgIpc) is 3.21. The first kappa shape index (κ1) is 15.0. The lowest BCUT2D eigenvalue weighted by Gasteiger charge is -2.12. The molecule has 0 heterocycles. The fraction of sp³-hybridized carbons (Fsp3) is 0.429. The van der Waals surface area contributed by atoms with Crippen molar-refractivity contribution >= 4 is 21.7 Å². The summed E-state index contributed by atoms with van der Waals surface area (Å²) in [5.41, 5.74) is -0.429. The molecule has 1 aromatic rings. The first-order valence-electron chi connectivity index (χ1n) is 6.11. The molecule has 0 radical (unpaired) electrons. The molecule has 106 valence electrons. The van der Waals surface area contributed by atoms with Crippen LogP contribution in [0.15, 0.2) is 18.2 Å². The molecule has 2 nitrogen and oxygen atoms in total. The van der Waals surface area contributed by atoms with Crippen molar-refractivity contribution in [2.75, 3.05) is 0 Å². The van der Waals surface area contributed by atoms with E-state index in [1.807, 2.05) is 0 Å². The molecule has 1 fully saturated rings. The van der Waals surface area contributed by atoms with Gasteiger partial charge in [-0.2, -0.15) is 18.4 Å². The number of alkyl halides is 4. The molecule has 1 unspecified atom stereocenters. The van der Waals surface area contributed by atoms with Crippen LogP contribution in [0.5, 0.6) is 0 Å². The molecule has 2 rings (SSSR count). The highest BCUT2D eigenvalue weighted by Gasteiger charge is 2.34. The molecule has 20 heavy (non-hydrogen) atoms. The predicted molar refractivity (Wildman–Crippen MR) is 70.3 cm³/mol. The fourth-order valence-corrected chi connectivity index (χ4v) is 2.67. The highest BCUT2D eigenvalue weighted by Crippen LogP contribution is 2.34. The van der Waals surface area contributed by atoms with E-state index < -0.39 is 16.6 Å². The molecule has 0 aromatic heterocycles. The monoisotopic (exact) mass is 345 g/mol. The van der Waals surface area contributed by atoms with Crippen LogP contribution in [0.3, 0.4) is 0 Å². The van der Waals surface area contributed by atoms with Crippen molar-refractivity contribution in [1.82, 2.24) is 0 Å². The number of hydrogen-bond acceptors (Lipinski definition) is 2. The van der Waals surface area contributed by atoms with Crippen molar-refractivity contribution in [2.24, 2.45) is 5.92 Å². The Labute approximate surface area is 122 Å². The van der Waals surface area contributed by atoms with E-state index in [4.69, 9.17) is 5.26 Å². The number of nitrogens with zero attached hydrogens (tertiary/aromatic N) is 1. The molecule has 0 aliphatic heterocycles. The van der Waals surface area contributed by atoms with E-state index >= 15 is 0 Å². The maximum atomic E-state index is 12.6. The smallest absolute Gasteiger partial charge is 0.298 e. The highest BCUT2D eigenvalue weighted by molar-refractivity contribution is 9.10. The van der Waals surface area contributed by atoms with Crippen molar-refractivity contribution in [3.05, 3.63) is 34.9 Å². The van der Waals surface area contributed by atoms with Gasteiger partial charge in [0.15, 0.2) is 0 Å². The van der Waals surface area contributed by atoms with Crippen LogP contribution in [0.2, 0.25) is 0 Å². The molecule has 1 saturated carbocycles. The van der Waals surface area contributed by atoms with Crippen LogP contribution >= 0.6 is 15.9 Å². The minimum absolute atomic E-state index is 0.0344. The van der Waals surface area contributed by atoms with Crippen molar-refractivity contribution in [2.45, 2.75) is 30.3 Å². The largest absolute Gasteiger partial charge is 0.416 e. The van der Waals surface area contributed by atoms with E-state index in [0.29, 0.717) is 5.56 Å². The standard InChI is InChI=1S/C14H11BrF3NO/c15-12(13(20)8-1-2-8)6-9-3-4-11(14(16,17)18)5-10(9)7-19/h3-5,8,12H,1-2,6H2. The lowest BCUT2D eigenvalue weighted by molar-refractivity contribution is -0.137. The minimum Gasteiger partial charge on any atom is -0.298 e. The van der Waals surface area contributed by atoms with Crippen molar-refractivity contribution in [3.63, 3.8) is 0 Å². The summed E-state index contributed by atoms with van der Waals surface area (Å²) < 4.78 is 37.7. The average molecular weight is 346 g/mol.